The van der Waals surface area contributed by atoms with Crippen LogP contribution in [0.25, 0.3) is 0 Å². The summed E-state index contributed by atoms with van der Waals surface area (Å²) in [6, 6.07) is 7.76. The minimum absolute atomic E-state index is 0.155. The lowest BCUT2D eigenvalue weighted by molar-refractivity contribution is 0.0851. The van der Waals surface area contributed by atoms with Gasteiger partial charge in [0.2, 0.25) is 0 Å². The van der Waals surface area contributed by atoms with E-state index in [1.54, 1.807) is 12.1 Å². The maximum atomic E-state index is 12.3. The minimum atomic E-state index is 0.155. The van der Waals surface area contributed by atoms with Gasteiger partial charge in [-0.15, -0.1) is 0 Å². The number of carbonyl (C=O) groups is 1. The number of rotatable bonds is 4. The van der Waals surface area contributed by atoms with Crippen LogP contribution in [0.1, 0.15) is 43.0 Å². The first kappa shape index (κ1) is 14.5. The maximum absolute atomic E-state index is 12.3. The molecule has 0 bridgehead atoms. The van der Waals surface area contributed by atoms with Crippen molar-refractivity contribution in [2.24, 2.45) is 5.92 Å². The first-order valence-electron chi connectivity index (χ1n) is 7.07. The molecule has 0 saturated heterocycles. The standard InChI is InChI=1S/C16H22ClNO/c1-12-6-3-4-9-15(12)18(2)11-16(19)13-7-5-8-14(17)10-13/h5,7-8,10,12,15H,3-4,6,9,11H2,1-2H3. The Morgan fingerprint density at radius 2 is 2.11 bits per heavy atom. The third-order valence-electron chi connectivity index (χ3n) is 4.17. The summed E-state index contributed by atoms with van der Waals surface area (Å²) < 4.78 is 0. The number of likely N-dealkylation sites (N-methyl/N-ethyl adjacent to an activating group) is 1. The fourth-order valence-corrected chi connectivity index (χ4v) is 3.24. The number of hydrogen-bond donors (Lipinski definition) is 0. The molecule has 104 valence electrons. The van der Waals surface area contributed by atoms with Crippen molar-refractivity contribution in [1.82, 2.24) is 4.90 Å². The van der Waals surface area contributed by atoms with Crippen LogP contribution in [0.15, 0.2) is 24.3 Å². The molecule has 2 atom stereocenters. The van der Waals surface area contributed by atoms with E-state index in [9.17, 15) is 4.79 Å². The van der Waals surface area contributed by atoms with Crippen LogP contribution in [0.4, 0.5) is 0 Å². The summed E-state index contributed by atoms with van der Waals surface area (Å²) in [6.07, 6.45) is 5.10. The van der Waals surface area contributed by atoms with Crippen molar-refractivity contribution in [2.45, 2.75) is 38.6 Å². The van der Waals surface area contributed by atoms with Gasteiger partial charge in [0.1, 0.15) is 0 Å². The maximum Gasteiger partial charge on any atom is 0.176 e. The molecule has 0 aromatic heterocycles. The van der Waals surface area contributed by atoms with Gasteiger partial charge in [0, 0.05) is 16.6 Å². The van der Waals surface area contributed by atoms with Crippen molar-refractivity contribution in [1.29, 1.82) is 0 Å². The van der Waals surface area contributed by atoms with Gasteiger partial charge in [-0.2, -0.15) is 0 Å². The lowest BCUT2D eigenvalue weighted by Crippen LogP contribution is -2.41. The number of nitrogens with zero attached hydrogens (tertiary/aromatic N) is 1. The Bertz CT molecular complexity index is 446. The van der Waals surface area contributed by atoms with E-state index in [1.165, 1.54) is 25.7 Å². The van der Waals surface area contributed by atoms with Gasteiger partial charge < -0.3 is 0 Å². The summed E-state index contributed by atoms with van der Waals surface area (Å²) in [5, 5.41) is 0.625. The van der Waals surface area contributed by atoms with E-state index < -0.39 is 0 Å². The second-order valence-corrected chi connectivity index (χ2v) is 6.11. The quantitative estimate of drug-likeness (QED) is 0.776. The Kier molecular flexibility index (Phi) is 5.00. The van der Waals surface area contributed by atoms with Crippen molar-refractivity contribution >= 4 is 17.4 Å². The average Bonchev–Trinajstić information content (AvgIpc) is 2.39. The highest BCUT2D eigenvalue weighted by Crippen LogP contribution is 2.27. The van der Waals surface area contributed by atoms with Gasteiger partial charge in [0.25, 0.3) is 0 Å². The molecule has 1 aromatic carbocycles. The van der Waals surface area contributed by atoms with E-state index in [4.69, 9.17) is 11.6 Å². The van der Waals surface area contributed by atoms with Crippen LogP contribution >= 0.6 is 11.6 Å². The van der Waals surface area contributed by atoms with Crippen LogP contribution in [-0.2, 0) is 0 Å². The van der Waals surface area contributed by atoms with Crippen molar-refractivity contribution in [3.8, 4) is 0 Å². The molecule has 0 spiro atoms. The molecule has 2 unspecified atom stereocenters. The van der Waals surface area contributed by atoms with Gasteiger partial charge in [0.15, 0.2) is 5.78 Å². The second-order valence-electron chi connectivity index (χ2n) is 5.68. The summed E-state index contributed by atoms with van der Waals surface area (Å²) in [6.45, 7) is 2.78. The van der Waals surface area contributed by atoms with E-state index in [1.807, 2.05) is 12.1 Å². The summed E-state index contributed by atoms with van der Waals surface area (Å²) in [7, 11) is 2.06. The van der Waals surface area contributed by atoms with Gasteiger partial charge in [0.05, 0.1) is 6.54 Å². The van der Waals surface area contributed by atoms with Crippen LogP contribution in [-0.4, -0.2) is 30.3 Å². The topological polar surface area (TPSA) is 20.3 Å². The molecule has 1 saturated carbocycles. The van der Waals surface area contributed by atoms with Gasteiger partial charge in [-0.25, -0.2) is 0 Å². The summed E-state index contributed by atoms with van der Waals surface area (Å²) >= 11 is 5.93. The number of ketones is 1. The molecule has 19 heavy (non-hydrogen) atoms. The molecule has 0 aliphatic heterocycles. The van der Waals surface area contributed by atoms with Crippen LogP contribution in [0, 0.1) is 5.92 Å². The summed E-state index contributed by atoms with van der Waals surface area (Å²) in [5.41, 5.74) is 0.711. The van der Waals surface area contributed by atoms with Crippen LogP contribution in [0.2, 0.25) is 5.02 Å². The smallest absolute Gasteiger partial charge is 0.176 e. The second kappa shape index (κ2) is 6.53. The zero-order valence-corrected chi connectivity index (χ0v) is 12.5. The number of Topliss-reactive ketones (excluding diaryl/α,β-unsaturated/α-hetero) is 1. The highest BCUT2D eigenvalue weighted by Gasteiger charge is 2.26. The van der Waals surface area contributed by atoms with E-state index in [0.717, 1.165) is 0 Å². The molecule has 2 rings (SSSR count). The predicted molar refractivity (Wildman–Crippen MR) is 79.8 cm³/mol. The van der Waals surface area contributed by atoms with E-state index in [2.05, 4.69) is 18.9 Å². The van der Waals surface area contributed by atoms with Crippen molar-refractivity contribution in [2.75, 3.05) is 13.6 Å². The van der Waals surface area contributed by atoms with E-state index >= 15 is 0 Å². The number of hydrogen-bond acceptors (Lipinski definition) is 2. The lowest BCUT2D eigenvalue weighted by atomic mass is 9.85. The first-order valence-corrected chi connectivity index (χ1v) is 7.44. The fourth-order valence-electron chi connectivity index (χ4n) is 3.05. The molecule has 0 amide bonds. The van der Waals surface area contributed by atoms with Crippen LogP contribution in [0.3, 0.4) is 0 Å². The Hall–Kier alpha value is -0.860. The van der Waals surface area contributed by atoms with E-state index in [0.29, 0.717) is 29.1 Å². The summed E-state index contributed by atoms with van der Waals surface area (Å²) in [5.74, 6) is 0.841. The Balaban J connectivity index is 1.98. The first-order chi connectivity index (χ1) is 9.08. The molecule has 3 heteroatoms. The largest absolute Gasteiger partial charge is 0.296 e. The lowest BCUT2D eigenvalue weighted by Gasteiger charge is -2.35. The molecule has 1 fully saturated rings. The third kappa shape index (κ3) is 3.80. The normalized spacial score (nSPS) is 23.6. The van der Waals surface area contributed by atoms with Gasteiger partial charge in [-0.05, 0) is 37.9 Å². The SMILES string of the molecule is CC1CCCCC1N(C)CC(=O)c1cccc(Cl)c1. The number of halogens is 1. The van der Waals surface area contributed by atoms with Gasteiger partial charge >= 0.3 is 0 Å². The molecule has 1 aliphatic rings. The van der Waals surface area contributed by atoms with Crippen molar-refractivity contribution < 1.29 is 4.79 Å². The van der Waals surface area contributed by atoms with Gasteiger partial charge in [-0.1, -0.05) is 43.5 Å². The molecule has 1 aromatic rings. The van der Waals surface area contributed by atoms with Gasteiger partial charge in [-0.3, -0.25) is 9.69 Å². The highest BCUT2D eigenvalue weighted by atomic mass is 35.5. The van der Waals surface area contributed by atoms with Crippen LogP contribution in [0.5, 0.6) is 0 Å². The molecular weight excluding hydrogens is 258 g/mol. The third-order valence-corrected chi connectivity index (χ3v) is 4.41. The Morgan fingerprint density at radius 3 is 2.79 bits per heavy atom. The monoisotopic (exact) mass is 279 g/mol. The zero-order valence-electron chi connectivity index (χ0n) is 11.7. The number of carbonyl (C=O) groups excluding carboxylic acids is 1. The molecule has 2 nitrogen and oxygen atoms in total. The molecule has 1 aliphatic carbocycles. The van der Waals surface area contributed by atoms with Crippen LogP contribution < -0.4 is 0 Å². The fraction of sp³-hybridized carbons (Fsp3) is 0.562. The number of benzene rings is 1. The average molecular weight is 280 g/mol. The Labute approximate surface area is 120 Å². The zero-order chi connectivity index (χ0) is 13.8. The predicted octanol–water partition coefficient (Wildman–Crippen LogP) is 4.03. The van der Waals surface area contributed by atoms with Crippen molar-refractivity contribution in [3.05, 3.63) is 34.9 Å². The molecule has 0 radical (unpaired) electrons. The molecule has 0 N–H and O–H groups in total. The molecular formula is C16H22ClNO. The van der Waals surface area contributed by atoms with E-state index in [-0.39, 0.29) is 5.78 Å². The Morgan fingerprint density at radius 1 is 1.37 bits per heavy atom. The van der Waals surface area contributed by atoms with Crippen molar-refractivity contribution in [3.63, 3.8) is 0 Å². The molecule has 0 heterocycles. The summed E-state index contributed by atoms with van der Waals surface area (Å²) in [4.78, 5) is 14.5. The highest BCUT2D eigenvalue weighted by molar-refractivity contribution is 6.31. The minimum Gasteiger partial charge on any atom is -0.296 e.